The number of aromatic amines is 1. The van der Waals surface area contributed by atoms with E-state index in [1.165, 1.54) is 6.07 Å². The number of hydrogen-bond acceptors (Lipinski definition) is 6. The molecule has 9 nitrogen and oxygen atoms in total. The van der Waals surface area contributed by atoms with Crippen LogP contribution < -0.4 is 9.64 Å². The third kappa shape index (κ3) is 4.31. The maximum absolute atomic E-state index is 14.7. The van der Waals surface area contributed by atoms with Gasteiger partial charge in [-0.3, -0.25) is 4.79 Å². The van der Waals surface area contributed by atoms with E-state index in [0.717, 1.165) is 8.96 Å². The second-order valence-corrected chi connectivity index (χ2v) is 9.02. The Balaban J connectivity index is 1.30. The van der Waals surface area contributed by atoms with Gasteiger partial charge in [-0.25, -0.2) is 19.0 Å². The third-order valence-corrected chi connectivity index (χ3v) is 6.63. The molecule has 1 aliphatic rings. The number of carbonyl (C=O) groups is 1. The van der Waals surface area contributed by atoms with Crippen molar-refractivity contribution in [2.75, 3.05) is 37.7 Å². The smallest absolute Gasteiger partial charge is 0.244 e. The van der Waals surface area contributed by atoms with Crippen LogP contribution in [0.1, 0.15) is 6.92 Å². The number of amides is 1. The van der Waals surface area contributed by atoms with Crippen LogP contribution in [0, 0.1) is 9.39 Å². The molecule has 1 aromatic carbocycles. The van der Waals surface area contributed by atoms with Crippen molar-refractivity contribution in [1.29, 1.82) is 0 Å². The minimum absolute atomic E-state index is 0.0567. The quantitative estimate of drug-likeness (QED) is 0.355. The number of nitrogens with one attached hydrogen (secondary N) is 1. The number of halogens is 2. The van der Waals surface area contributed by atoms with Crippen molar-refractivity contribution in [3.63, 3.8) is 0 Å². The number of piperazine rings is 1. The summed E-state index contributed by atoms with van der Waals surface area (Å²) in [5, 5.41) is 5.44. The molecule has 0 atom stereocenters. The number of ether oxygens (including phenoxy) is 1. The fraction of sp³-hybridized carbons (Fsp3) is 0.304. The fourth-order valence-corrected chi connectivity index (χ4v) is 4.73. The largest absolute Gasteiger partial charge is 0.493 e. The van der Waals surface area contributed by atoms with Gasteiger partial charge in [-0.2, -0.15) is 5.10 Å². The number of fused-ring (bicyclic) bond motifs is 1. The van der Waals surface area contributed by atoms with Gasteiger partial charge in [0.2, 0.25) is 5.91 Å². The van der Waals surface area contributed by atoms with Crippen molar-refractivity contribution in [3.05, 3.63) is 52.2 Å². The fourth-order valence-electron chi connectivity index (χ4n) is 4.14. The summed E-state index contributed by atoms with van der Waals surface area (Å²) in [4.78, 5) is 28.6. The lowest BCUT2D eigenvalue weighted by atomic mass is 10.2. The summed E-state index contributed by atoms with van der Waals surface area (Å²) in [6.45, 7) is 4.54. The second-order valence-electron chi connectivity index (χ2n) is 7.85. The molecule has 1 aliphatic heterocycles. The monoisotopic (exact) mass is 575 g/mol. The highest BCUT2D eigenvalue weighted by atomic mass is 127. The molecule has 0 radical (unpaired) electrons. The molecule has 1 amide bonds. The number of rotatable bonds is 6. The van der Waals surface area contributed by atoms with Crippen molar-refractivity contribution in [1.82, 2.24) is 29.6 Å². The molecule has 11 heteroatoms. The first kappa shape index (κ1) is 22.6. The van der Waals surface area contributed by atoms with Crippen LogP contribution in [0.3, 0.4) is 0 Å². The number of aromatic nitrogens is 5. The summed E-state index contributed by atoms with van der Waals surface area (Å²) < 4.78 is 22.6. The van der Waals surface area contributed by atoms with Gasteiger partial charge in [-0.1, -0.05) is 0 Å². The minimum atomic E-state index is -0.285. The number of benzene rings is 1. The van der Waals surface area contributed by atoms with E-state index in [-0.39, 0.29) is 18.3 Å². The highest BCUT2D eigenvalue weighted by Gasteiger charge is 2.25. The lowest BCUT2D eigenvalue weighted by Gasteiger charge is -2.36. The van der Waals surface area contributed by atoms with Crippen molar-refractivity contribution in [3.8, 4) is 17.3 Å². The molecule has 0 bridgehead atoms. The summed E-state index contributed by atoms with van der Waals surface area (Å²) in [5.74, 6) is 0.957. The van der Waals surface area contributed by atoms with Gasteiger partial charge >= 0.3 is 0 Å². The molecule has 1 N–H and O–H groups in total. The highest BCUT2D eigenvalue weighted by Crippen LogP contribution is 2.31. The number of carbonyl (C=O) groups excluding carboxylic acids is 1. The van der Waals surface area contributed by atoms with Gasteiger partial charge in [0.15, 0.2) is 11.5 Å². The first-order chi connectivity index (χ1) is 16.5. The molecule has 0 unspecified atom stereocenters. The van der Waals surface area contributed by atoms with E-state index < -0.39 is 0 Å². The lowest BCUT2D eigenvalue weighted by molar-refractivity contribution is -0.132. The number of hydrogen-bond donors (Lipinski definition) is 1. The zero-order chi connectivity index (χ0) is 23.7. The SMILES string of the molecule is CCOc1cc(N2CCN(C(=O)Cn3nc(-c4ncc[nH]4)c4cccnc43)CC2)c(F)cc1I. The maximum Gasteiger partial charge on any atom is 0.244 e. The summed E-state index contributed by atoms with van der Waals surface area (Å²) in [7, 11) is 0. The molecule has 1 saturated heterocycles. The number of nitrogens with zero attached hydrogens (tertiary/aromatic N) is 6. The normalized spacial score (nSPS) is 14.1. The van der Waals surface area contributed by atoms with Crippen LogP contribution in [0.15, 0.2) is 42.9 Å². The predicted octanol–water partition coefficient (Wildman–Crippen LogP) is 3.31. The number of H-pyrrole nitrogens is 1. The molecule has 1 fully saturated rings. The van der Waals surface area contributed by atoms with Crippen LogP contribution in [0.2, 0.25) is 0 Å². The molecule has 0 aliphatic carbocycles. The number of pyridine rings is 1. The van der Waals surface area contributed by atoms with E-state index in [1.54, 1.807) is 34.2 Å². The minimum Gasteiger partial charge on any atom is -0.493 e. The average molecular weight is 575 g/mol. The van der Waals surface area contributed by atoms with Gasteiger partial charge in [-0.05, 0) is 47.7 Å². The standard InChI is InChI=1S/C23H23FIN7O2/c1-2-34-19-13-18(16(24)12-17(19)25)30-8-10-31(11-9-30)20(33)14-32-23-15(4-3-5-28-23)21(29-32)22-26-6-7-27-22/h3-7,12-13H,2,8-11,14H2,1H3,(H,26,27). The predicted molar refractivity (Wildman–Crippen MR) is 134 cm³/mol. The van der Waals surface area contributed by atoms with Crippen molar-refractivity contribution < 1.29 is 13.9 Å². The van der Waals surface area contributed by atoms with Gasteiger partial charge < -0.3 is 19.5 Å². The first-order valence-corrected chi connectivity index (χ1v) is 12.1. The second kappa shape index (κ2) is 9.57. The van der Waals surface area contributed by atoms with E-state index in [4.69, 9.17) is 4.74 Å². The van der Waals surface area contributed by atoms with Gasteiger partial charge in [0.05, 0.1) is 21.3 Å². The number of imidazole rings is 1. The van der Waals surface area contributed by atoms with Crippen LogP contribution in [-0.2, 0) is 11.3 Å². The van der Waals surface area contributed by atoms with Gasteiger partial charge in [0.1, 0.15) is 23.8 Å². The molecule has 176 valence electrons. The lowest BCUT2D eigenvalue weighted by Crippen LogP contribution is -2.50. The molecule has 0 spiro atoms. The van der Waals surface area contributed by atoms with Crippen LogP contribution in [0.4, 0.5) is 10.1 Å². The summed E-state index contributed by atoms with van der Waals surface area (Å²) >= 11 is 2.07. The van der Waals surface area contributed by atoms with Crippen molar-refractivity contribution in [2.45, 2.75) is 13.5 Å². The molecule has 0 saturated carbocycles. The molecule has 4 heterocycles. The van der Waals surface area contributed by atoms with Crippen molar-refractivity contribution in [2.24, 2.45) is 0 Å². The van der Waals surface area contributed by atoms with Gasteiger partial charge in [-0.15, -0.1) is 0 Å². The van der Waals surface area contributed by atoms with Crippen molar-refractivity contribution >= 4 is 45.2 Å². The first-order valence-electron chi connectivity index (χ1n) is 11.0. The Morgan fingerprint density at radius 3 is 2.76 bits per heavy atom. The molecular weight excluding hydrogens is 552 g/mol. The number of anilines is 1. The topological polar surface area (TPSA) is 92.2 Å². The van der Waals surface area contributed by atoms with Crippen LogP contribution >= 0.6 is 22.6 Å². The Kier molecular flexibility index (Phi) is 6.35. The molecule has 5 rings (SSSR count). The van der Waals surface area contributed by atoms with E-state index in [9.17, 15) is 9.18 Å². The average Bonchev–Trinajstić information content (AvgIpc) is 3.50. The van der Waals surface area contributed by atoms with E-state index in [1.807, 2.05) is 24.0 Å². The van der Waals surface area contributed by atoms with Crippen LogP contribution in [-0.4, -0.2) is 68.3 Å². The third-order valence-electron chi connectivity index (χ3n) is 5.79. The van der Waals surface area contributed by atoms with E-state index in [2.05, 4.69) is 42.6 Å². The Morgan fingerprint density at radius 2 is 2.03 bits per heavy atom. The maximum atomic E-state index is 14.7. The highest BCUT2D eigenvalue weighted by molar-refractivity contribution is 14.1. The van der Waals surface area contributed by atoms with Crippen LogP contribution in [0.25, 0.3) is 22.6 Å². The summed E-state index contributed by atoms with van der Waals surface area (Å²) in [5.41, 5.74) is 1.79. The Bertz CT molecular complexity index is 1320. The molecule has 4 aromatic rings. The zero-order valence-electron chi connectivity index (χ0n) is 18.5. The molecular formula is C23H23FIN7O2. The van der Waals surface area contributed by atoms with Crippen LogP contribution in [0.5, 0.6) is 5.75 Å². The van der Waals surface area contributed by atoms with E-state index >= 15 is 0 Å². The Labute approximate surface area is 209 Å². The molecule has 3 aromatic heterocycles. The Hall–Kier alpha value is -3.22. The van der Waals surface area contributed by atoms with E-state index in [0.29, 0.717) is 61.4 Å². The summed E-state index contributed by atoms with van der Waals surface area (Å²) in [6, 6.07) is 6.99. The zero-order valence-corrected chi connectivity index (χ0v) is 20.7. The van der Waals surface area contributed by atoms with Gasteiger partial charge in [0.25, 0.3) is 0 Å². The summed E-state index contributed by atoms with van der Waals surface area (Å²) in [6.07, 6.45) is 5.08. The van der Waals surface area contributed by atoms with Gasteiger partial charge in [0, 0.05) is 50.8 Å². The Morgan fingerprint density at radius 1 is 1.21 bits per heavy atom. The molecule has 34 heavy (non-hydrogen) atoms.